The molecule has 0 spiro atoms. The van der Waals surface area contributed by atoms with E-state index in [1.807, 2.05) is 0 Å². The third-order valence-corrected chi connectivity index (χ3v) is 5.80. The number of rotatable bonds is 2. The summed E-state index contributed by atoms with van der Waals surface area (Å²) in [4.78, 5) is 5.45. The van der Waals surface area contributed by atoms with Gasteiger partial charge >= 0.3 is 0 Å². The Morgan fingerprint density at radius 2 is 1.56 bits per heavy atom. The highest BCUT2D eigenvalue weighted by molar-refractivity contribution is 5.01. The second-order valence-electron chi connectivity index (χ2n) is 6.80. The van der Waals surface area contributed by atoms with E-state index in [0.717, 1.165) is 30.2 Å². The van der Waals surface area contributed by atoms with Crippen molar-refractivity contribution >= 4 is 0 Å². The molecule has 3 saturated heterocycles. The summed E-state index contributed by atoms with van der Waals surface area (Å²) in [6.07, 6.45) is 8.43. The number of fused-ring (bicyclic) bond motifs is 2. The molecule has 0 aromatic rings. The van der Waals surface area contributed by atoms with E-state index in [-0.39, 0.29) is 0 Å². The van der Waals surface area contributed by atoms with E-state index in [1.54, 1.807) is 0 Å². The number of nitrogens with one attached hydrogen (secondary N) is 1. The van der Waals surface area contributed by atoms with Crippen molar-refractivity contribution in [2.24, 2.45) is 0 Å². The van der Waals surface area contributed by atoms with Crippen LogP contribution < -0.4 is 5.32 Å². The van der Waals surface area contributed by atoms with Crippen molar-refractivity contribution in [1.82, 2.24) is 15.1 Å². The summed E-state index contributed by atoms with van der Waals surface area (Å²) in [6, 6.07) is 4.17. The molecule has 3 nitrogen and oxygen atoms in total. The minimum atomic E-state index is 0.769. The Kier molecular flexibility index (Phi) is 3.65. The SMILES string of the molecule is CNC1CC2CCC(C1)N2C1CCN(C)C(C)C1. The van der Waals surface area contributed by atoms with Crippen LogP contribution in [0.4, 0.5) is 0 Å². The molecule has 3 rings (SSSR count). The topological polar surface area (TPSA) is 18.5 Å². The van der Waals surface area contributed by atoms with Crippen molar-refractivity contribution < 1.29 is 0 Å². The molecule has 18 heavy (non-hydrogen) atoms. The summed E-state index contributed by atoms with van der Waals surface area (Å²) < 4.78 is 0. The molecule has 3 heteroatoms. The maximum Gasteiger partial charge on any atom is 0.0128 e. The fourth-order valence-electron chi connectivity index (χ4n) is 4.58. The van der Waals surface area contributed by atoms with Crippen LogP contribution in [0.15, 0.2) is 0 Å². The predicted octanol–water partition coefficient (Wildman–Crippen LogP) is 1.68. The summed E-state index contributed by atoms with van der Waals surface area (Å²) in [5.74, 6) is 0. The normalized spacial score (nSPS) is 46.5. The monoisotopic (exact) mass is 251 g/mol. The molecular weight excluding hydrogens is 222 g/mol. The highest BCUT2D eigenvalue weighted by Crippen LogP contribution is 2.39. The average molecular weight is 251 g/mol. The Hall–Kier alpha value is -0.120. The standard InChI is InChI=1S/C15H29N3/c1-11-8-15(6-7-17(11)3)18-13-4-5-14(18)10-12(9-13)16-2/h11-16H,4-10H2,1-3H3. The first-order valence-electron chi connectivity index (χ1n) is 7.84. The van der Waals surface area contributed by atoms with Crippen LogP contribution in [-0.2, 0) is 0 Å². The molecule has 4 unspecified atom stereocenters. The van der Waals surface area contributed by atoms with Crippen LogP contribution in [0.5, 0.6) is 0 Å². The molecule has 0 aromatic carbocycles. The van der Waals surface area contributed by atoms with Gasteiger partial charge in [-0.3, -0.25) is 4.90 Å². The molecule has 0 amide bonds. The van der Waals surface area contributed by atoms with Gasteiger partial charge < -0.3 is 10.2 Å². The van der Waals surface area contributed by atoms with Crippen molar-refractivity contribution in [3.63, 3.8) is 0 Å². The van der Waals surface area contributed by atoms with E-state index in [2.05, 4.69) is 36.1 Å². The number of piperidine rings is 2. The van der Waals surface area contributed by atoms with Gasteiger partial charge in [0.2, 0.25) is 0 Å². The average Bonchev–Trinajstić information content (AvgIpc) is 2.64. The fourth-order valence-corrected chi connectivity index (χ4v) is 4.58. The van der Waals surface area contributed by atoms with Crippen molar-refractivity contribution in [2.75, 3.05) is 20.6 Å². The van der Waals surface area contributed by atoms with Crippen molar-refractivity contribution in [3.05, 3.63) is 0 Å². The Labute approximate surface area is 112 Å². The molecule has 2 bridgehead atoms. The Morgan fingerprint density at radius 1 is 0.944 bits per heavy atom. The lowest BCUT2D eigenvalue weighted by Gasteiger charge is -2.47. The van der Waals surface area contributed by atoms with Gasteiger partial charge in [-0.1, -0.05) is 0 Å². The molecule has 3 fully saturated rings. The minimum Gasteiger partial charge on any atom is -0.317 e. The summed E-state index contributed by atoms with van der Waals surface area (Å²) in [6.45, 7) is 3.69. The molecule has 1 N–H and O–H groups in total. The van der Waals surface area contributed by atoms with E-state index >= 15 is 0 Å². The molecule has 3 aliphatic rings. The molecular formula is C15H29N3. The van der Waals surface area contributed by atoms with Gasteiger partial charge in [-0.2, -0.15) is 0 Å². The smallest absolute Gasteiger partial charge is 0.0128 e. The third-order valence-electron chi connectivity index (χ3n) is 5.80. The number of likely N-dealkylation sites (tertiary alicyclic amines) is 1. The zero-order chi connectivity index (χ0) is 12.7. The largest absolute Gasteiger partial charge is 0.317 e. The second-order valence-corrected chi connectivity index (χ2v) is 6.80. The Bertz CT molecular complexity index is 279. The van der Waals surface area contributed by atoms with E-state index in [0.29, 0.717) is 0 Å². The zero-order valence-electron chi connectivity index (χ0n) is 12.2. The molecule has 104 valence electrons. The Morgan fingerprint density at radius 3 is 2.11 bits per heavy atom. The van der Waals surface area contributed by atoms with Crippen molar-refractivity contribution in [1.29, 1.82) is 0 Å². The van der Waals surface area contributed by atoms with Gasteiger partial charge in [0.05, 0.1) is 0 Å². The molecule has 0 saturated carbocycles. The van der Waals surface area contributed by atoms with Crippen LogP contribution in [0.2, 0.25) is 0 Å². The molecule has 4 atom stereocenters. The molecule has 3 heterocycles. The number of hydrogen-bond donors (Lipinski definition) is 1. The summed E-state index contributed by atoms with van der Waals surface area (Å²) in [7, 11) is 4.42. The van der Waals surface area contributed by atoms with E-state index < -0.39 is 0 Å². The summed E-state index contributed by atoms with van der Waals surface area (Å²) >= 11 is 0. The Balaban J connectivity index is 1.67. The highest BCUT2D eigenvalue weighted by atomic mass is 15.3. The van der Waals surface area contributed by atoms with E-state index in [4.69, 9.17) is 0 Å². The van der Waals surface area contributed by atoms with Crippen LogP contribution in [0.1, 0.15) is 45.4 Å². The van der Waals surface area contributed by atoms with Gasteiger partial charge in [-0.05, 0) is 66.1 Å². The van der Waals surface area contributed by atoms with Gasteiger partial charge in [0.1, 0.15) is 0 Å². The number of nitrogens with zero attached hydrogens (tertiary/aromatic N) is 2. The van der Waals surface area contributed by atoms with E-state index in [9.17, 15) is 0 Å². The first kappa shape index (κ1) is 12.9. The van der Waals surface area contributed by atoms with Gasteiger partial charge in [0, 0.05) is 30.2 Å². The number of hydrogen-bond acceptors (Lipinski definition) is 3. The first-order valence-corrected chi connectivity index (χ1v) is 7.84. The highest BCUT2D eigenvalue weighted by Gasteiger charge is 2.44. The quantitative estimate of drug-likeness (QED) is 0.805. The van der Waals surface area contributed by atoms with Gasteiger partial charge in [-0.15, -0.1) is 0 Å². The molecule has 0 radical (unpaired) electrons. The molecule has 0 aromatic heterocycles. The van der Waals surface area contributed by atoms with Gasteiger partial charge in [0.25, 0.3) is 0 Å². The maximum atomic E-state index is 3.51. The van der Waals surface area contributed by atoms with Crippen LogP contribution in [0, 0.1) is 0 Å². The lowest BCUT2D eigenvalue weighted by atomic mass is 9.90. The third kappa shape index (κ3) is 2.21. The predicted molar refractivity (Wildman–Crippen MR) is 75.8 cm³/mol. The second kappa shape index (κ2) is 5.10. The van der Waals surface area contributed by atoms with Crippen LogP contribution in [0.3, 0.4) is 0 Å². The fraction of sp³-hybridized carbons (Fsp3) is 1.00. The van der Waals surface area contributed by atoms with Crippen molar-refractivity contribution in [2.45, 2.75) is 75.7 Å². The molecule has 0 aliphatic carbocycles. The lowest BCUT2D eigenvalue weighted by Crippen LogP contribution is -2.56. The lowest BCUT2D eigenvalue weighted by molar-refractivity contribution is 0.0237. The molecule has 3 aliphatic heterocycles. The first-order chi connectivity index (χ1) is 8.69. The van der Waals surface area contributed by atoms with Crippen LogP contribution >= 0.6 is 0 Å². The summed E-state index contributed by atoms with van der Waals surface area (Å²) in [5.41, 5.74) is 0. The van der Waals surface area contributed by atoms with Crippen LogP contribution in [0.25, 0.3) is 0 Å². The van der Waals surface area contributed by atoms with Gasteiger partial charge in [-0.25, -0.2) is 0 Å². The van der Waals surface area contributed by atoms with Crippen molar-refractivity contribution in [3.8, 4) is 0 Å². The van der Waals surface area contributed by atoms with E-state index in [1.165, 1.54) is 45.1 Å². The minimum absolute atomic E-state index is 0.769. The van der Waals surface area contributed by atoms with Gasteiger partial charge in [0.15, 0.2) is 0 Å². The summed E-state index contributed by atoms with van der Waals surface area (Å²) in [5, 5.41) is 3.51. The zero-order valence-corrected chi connectivity index (χ0v) is 12.2. The van der Waals surface area contributed by atoms with Crippen LogP contribution in [-0.4, -0.2) is 60.6 Å². The maximum absolute atomic E-state index is 3.51.